The number of aromatic nitrogens is 2. The molecule has 1 fully saturated rings. The Balaban J connectivity index is 1.72. The van der Waals surface area contributed by atoms with E-state index in [1.54, 1.807) is 6.20 Å². The Bertz CT molecular complexity index is 743. The minimum Gasteiger partial charge on any atom is -0.298 e. The van der Waals surface area contributed by atoms with Gasteiger partial charge in [0.05, 0.1) is 10.9 Å². The van der Waals surface area contributed by atoms with Crippen LogP contribution in [0.4, 0.5) is 0 Å². The third-order valence-corrected chi connectivity index (χ3v) is 6.10. The van der Waals surface area contributed by atoms with Crippen LogP contribution >= 0.6 is 0 Å². The largest absolute Gasteiger partial charge is 0.298 e. The van der Waals surface area contributed by atoms with Gasteiger partial charge in [-0.2, -0.15) is 5.10 Å². The molecule has 124 valence electrons. The van der Waals surface area contributed by atoms with Crippen molar-refractivity contribution in [2.75, 3.05) is 19.6 Å². The quantitative estimate of drug-likeness (QED) is 0.867. The molecule has 2 heterocycles. The molecule has 0 bridgehead atoms. The third kappa shape index (κ3) is 3.63. The van der Waals surface area contributed by atoms with Crippen molar-refractivity contribution in [1.29, 1.82) is 0 Å². The topological polar surface area (TPSA) is 67.2 Å². The molecule has 6 nitrogen and oxygen atoms in total. The minimum absolute atomic E-state index is 0.320. The summed E-state index contributed by atoms with van der Waals surface area (Å²) >= 11 is 0. The van der Waals surface area contributed by atoms with E-state index in [4.69, 9.17) is 0 Å². The number of hydrogen-bond donors (Lipinski definition) is 1. The van der Waals surface area contributed by atoms with Crippen molar-refractivity contribution < 1.29 is 8.42 Å². The van der Waals surface area contributed by atoms with E-state index in [0.717, 1.165) is 24.3 Å². The molecule has 1 N–H and O–H groups in total. The molecule has 0 spiro atoms. The molecule has 1 aromatic carbocycles. The Morgan fingerprint density at radius 3 is 2.87 bits per heavy atom. The zero-order chi connectivity index (χ0) is 16.3. The van der Waals surface area contributed by atoms with Gasteiger partial charge in [0.15, 0.2) is 0 Å². The molecule has 2 aromatic rings. The molecule has 0 aliphatic carbocycles. The van der Waals surface area contributed by atoms with E-state index in [1.807, 2.05) is 42.1 Å². The second kappa shape index (κ2) is 6.82. The maximum Gasteiger partial charge on any atom is 0.215 e. The van der Waals surface area contributed by atoms with E-state index in [1.165, 1.54) is 0 Å². The summed E-state index contributed by atoms with van der Waals surface area (Å²) in [5.41, 5.74) is 2.19. The first-order valence-corrected chi connectivity index (χ1v) is 9.43. The molecule has 7 heteroatoms. The summed E-state index contributed by atoms with van der Waals surface area (Å²) in [6, 6.07) is 9.99. The number of likely N-dealkylation sites (tertiary alicyclic amines) is 1. The summed E-state index contributed by atoms with van der Waals surface area (Å²) < 4.78 is 28.7. The van der Waals surface area contributed by atoms with Gasteiger partial charge in [-0.05, 0) is 30.7 Å². The highest BCUT2D eigenvalue weighted by Gasteiger charge is 2.32. The van der Waals surface area contributed by atoms with Crippen LogP contribution in [0.2, 0.25) is 0 Å². The summed E-state index contributed by atoms with van der Waals surface area (Å²) in [5, 5.41) is 3.97. The molecule has 0 radical (unpaired) electrons. The van der Waals surface area contributed by atoms with Crippen LogP contribution in [0, 0.1) is 0 Å². The predicted octanol–water partition coefficient (Wildman–Crippen LogP) is 1.39. The highest BCUT2D eigenvalue weighted by Crippen LogP contribution is 2.21. The summed E-state index contributed by atoms with van der Waals surface area (Å²) in [5.74, 6) is 0. The number of rotatable bonds is 6. The van der Waals surface area contributed by atoms with E-state index in [9.17, 15) is 8.42 Å². The van der Waals surface area contributed by atoms with Gasteiger partial charge in [0.1, 0.15) is 0 Å². The molecular weight excluding hydrogens is 312 g/mol. The summed E-state index contributed by atoms with van der Waals surface area (Å²) in [4.78, 5) is 2.20. The molecule has 0 saturated carbocycles. The van der Waals surface area contributed by atoms with E-state index >= 15 is 0 Å². The molecule has 1 unspecified atom stereocenters. The molecule has 1 aromatic heterocycles. The SMILES string of the molecule is CCNS(=O)(=O)C1CCN(Cc2ccccc2-n2cccn2)C1. The smallest absolute Gasteiger partial charge is 0.215 e. The van der Waals surface area contributed by atoms with Crippen LogP contribution in [0.3, 0.4) is 0 Å². The minimum atomic E-state index is -3.20. The first-order chi connectivity index (χ1) is 11.1. The molecule has 1 aliphatic rings. The van der Waals surface area contributed by atoms with Crippen molar-refractivity contribution >= 4 is 10.0 Å². The van der Waals surface area contributed by atoms with Crippen molar-refractivity contribution in [1.82, 2.24) is 19.4 Å². The first-order valence-electron chi connectivity index (χ1n) is 7.89. The van der Waals surface area contributed by atoms with Crippen molar-refractivity contribution in [3.63, 3.8) is 0 Å². The Morgan fingerprint density at radius 1 is 1.30 bits per heavy atom. The van der Waals surface area contributed by atoms with Gasteiger partial charge in [0, 0.05) is 32.0 Å². The molecule has 1 atom stereocenters. The maximum absolute atomic E-state index is 12.1. The van der Waals surface area contributed by atoms with Gasteiger partial charge in [0.2, 0.25) is 10.0 Å². The summed E-state index contributed by atoms with van der Waals surface area (Å²) in [6.07, 6.45) is 4.35. The van der Waals surface area contributed by atoms with E-state index in [2.05, 4.69) is 20.8 Å². The van der Waals surface area contributed by atoms with Crippen molar-refractivity contribution in [2.45, 2.75) is 25.1 Å². The van der Waals surface area contributed by atoms with Crippen molar-refractivity contribution in [3.05, 3.63) is 48.3 Å². The number of nitrogens with zero attached hydrogens (tertiary/aromatic N) is 3. The zero-order valence-corrected chi connectivity index (χ0v) is 14.0. The Kier molecular flexibility index (Phi) is 4.79. The van der Waals surface area contributed by atoms with Gasteiger partial charge in [-0.25, -0.2) is 17.8 Å². The van der Waals surface area contributed by atoms with Crippen LogP contribution in [0.1, 0.15) is 18.9 Å². The predicted molar refractivity (Wildman–Crippen MR) is 89.8 cm³/mol. The normalized spacial score (nSPS) is 19.3. The molecule has 1 aliphatic heterocycles. The monoisotopic (exact) mass is 334 g/mol. The fraction of sp³-hybridized carbons (Fsp3) is 0.438. The van der Waals surface area contributed by atoms with Gasteiger partial charge in [-0.3, -0.25) is 4.90 Å². The number of benzene rings is 1. The van der Waals surface area contributed by atoms with Crippen molar-refractivity contribution in [2.24, 2.45) is 0 Å². The van der Waals surface area contributed by atoms with Crippen LogP contribution in [0.15, 0.2) is 42.7 Å². The Morgan fingerprint density at radius 2 is 2.13 bits per heavy atom. The zero-order valence-electron chi connectivity index (χ0n) is 13.2. The van der Waals surface area contributed by atoms with Crippen LogP contribution < -0.4 is 4.72 Å². The molecule has 23 heavy (non-hydrogen) atoms. The lowest BCUT2D eigenvalue weighted by Gasteiger charge is -2.18. The van der Waals surface area contributed by atoms with Gasteiger partial charge in [-0.15, -0.1) is 0 Å². The number of para-hydroxylation sites is 1. The molecule has 1 saturated heterocycles. The molecule has 3 rings (SSSR count). The van der Waals surface area contributed by atoms with Gasteiger partial charge in [0.25, 0.3) is 0 Å². The maximum atomic E-state index is 12.1. The summed E-state index contributed by atoms with van der Waals surface area (Å²) in [6.45, 7) is 4.35. The lowest BCUT2D eigenvalue weighted by Crippen LogP contribution is -2.36. The van der Waals surface area contributed by atoms with Crippen LogP contribution in [0.5, 0.6) is 0 Å². The highest BCUT2D eigenvalue weighted by atomic mass is 32.2. The van der Waals surface area contributed by atoms with Gasteiger partial charge in [-0.1, -0.05) is 25.1 Å². The fourth-order valence-corrected chi connectivity index (χ4v) is 4.49. The second-order valence-corrected chi connectivity index (χ2v) is 7.81. The summed E-state index contributed by atoms with van der Waals surface area (Å²) in [7, 11) is -3.20. The fourth-order valence-electron chi connectivity index (χ4n) is 3.03. The standard InChI is InChI=1S/C16H22N4O2S/c1-2-18-23(21,22)15-8-11-19(13-15)12-14-6-3-4-7-16(14)20-10-5-9-17-20/h3-7,9-10,15,18H,2,8,11-13H2,1H3. The Hall–Kier alpha value is -1.70. The van der Waals surface area contributed by atoms with Crippen LogP contribution in [-0.2, 0) is 16.6 Å². The lowest BCUT2D eigenvalue weighted by atomic mass is 10.1. The van der Waals surface area contributed by atoms with E-state index in [-0.39, 0.29) is 5.25 Å². The van der Waals surface area contributed by atoms with Gasteiger partial charge < -0.3 is 0 Å². The average Bonchev–Trinajstić information content (AvgIpc) is 3.19. The Labute approximate surface area is 137 Å². The van der Waals surface area contributed by atoms with E-state index in [0.29, 0.717) is 19.5 Å². The first kappa shape index (κ1) is 16.2. The van der Waals surface area contributed by atoms with Crippen molar-refractivity contribution in [3.8, 4) is 5.69 Å². The van der Waals surface area contributed by atoms with E-state index < -0.39 is 10.0 Å². The molecule has 0 amide bonds. The number of nitrogens with one attached hydrogen (secondary N) is 1. The van der Waals surface area contributed by atoms with Crippen LogP contribution in [0.25, 0.3) is 5.69 Å². The number of hydrogen-bond acceptors (Lipinski definition) is 4. The average molecular weight is 334 g/mol. The second-order valence-electron chi connectivity index (χ2n) is 5.77. The highest BCUT2D eigenvalue weighted by molar-refractivity contribution is 7.90. The third-order valence-electron chi connectivity index (χ3n) is 4.15. The lowest BCUT2D eigenvalue weighted by molar-refractivity contribution is 0.330. The number of sulfonamides is 1. The van der Waals surface area contributed by atoms with Gasteiger partial charge >= 0.3 is 0 Å². The van der Waals surface area contributed by atoms with Crippen LogP contribution in [-0.4, -0.2) is 48.0 Å². The molecular formula is C16H22N4O2S.